The van der Waals surface area contributed by atoms with Crippen molar-refractivity contribution < 1.29 is 14.3 Å². The average molecular weight is 466 g/mol. The minimum atomic E-state index is -1.62. The number of anilines is 1. The summed E-state index contributed by atoms with van der Waals surface area (Å²) < 4.78 is 15.8. The van der Waals surface area contributed by atoms with Gasteiger partial charge in [-0.15, -0.1) is 0 Å². The fourth-order valence-electron chi connectivity index (χ4n) is 4.04. The Hall–Kier alpha value is -3.55. The van der Waals surface area contributed by atoms with Gasteiger partial charge < -0.3 is 21.5 Å². The van der Waals surface area contributed by atoms with Crippen LogP contribution in [0.25, 0.3) is 16.9 Å². The molecule has 9 nitrogen and oxygen atoms in total. The molecule has 0 aliphatic heterocycles. The van der Waals surface area contributed by atoms with Crippen molar-refractivity contribution in [1.29, 1.82) is 5.26 Å². The predicted octanol–water partition coefficient (Wildman–Crippen LogP) is 2.40. The summed E-state index contributed by atoms with van der Waals surface area (Å²) in [5.74, 6) is -0.493. The molecule has 0 aromatic carbocycles. The number of aromatic nitrogens is 3. The van der Waals surface area contributed by atoms with Crippen molar-refractivity contribution >= 4 is 17.1 Å². The summed E-state index contributed by atoms with van der Waals surface area (Å²) >= 11 is 0. The number of aliphatic hydroxyl groups is 1. The molecule has 3 heterocycles. The van der Waals surface area contributed by atoms with Crippen LogP contribution < -0.4 is 16.4 Å². The van der Waals surface area contributed by atoms with Gasteiger partial charge in [-0.1, -0.05) is 0 Å². The summed E-state index contributed by atoms with van der Waals surface area (Å²) in [7, 11) is 0. The SMILES string of the molecule is CC(C)(O)[C@H](F)CNC(=O)c1cnc(-c2ccc3cc(C#N)cnn23)cc1N[C@H]1CC[C@@H](N)C1. The van der Waals surface area contributed by atoms with Gasteiger partial charge in [0.25, 0.3) is 5.91 Å². The van der Waals surface area contributed by atoms with Gasteiger partial charge in [0.05, 0.1) is 52.1 Å². The average Bonchev–Trinajstić information content (AvgIpc) is 3.41. The number of pyridine rings is 1. The maximum atomic E-state index is 14.2. The molecular formula is C24H28FN7O2. The fourth-order valence-corrected chi connectivity index (χ4v) is 4.04. The van der Waals surface area contributed by atoms with E-state index in [9.17, 15) is 14.3 Å². The zero-order valence-corrected chi connectivity index (χ0v) is 19.1. The summed E-state index contributed by atoms with van der Waals surface area (Å²) in [6.07, 6.45) is 3.84. The first-order chi connectivity index (χ1) is 16.2. The Morgan fingerprint density at radius 1 is 1.38 bits per heavy atom. The highest BCUT2D eigenvalue weighted by Gasteiger charge is 2.28. The molecule has 3 atom stereocenters. The molecule has 3 aromatic rings. The first-order valence-corrected chi connectivity index (χ1v) is 11.2. The lowest BCUT2D eigenvalue weighted by Gasteiger charge is -2.23. The number of nitriles is 1. The number of alkyl halides is 1. The third-order valence-electron chi connectivity index (χ3n) is 6.08. The molecule has 1 fully saturated rings. The number of nitrogens with one attached hydrogen (secondary N) is 2. The number of hydrogen-bond donors (Lipinski definition) is 4. The maximum Gasteiger partial charge on any atom is 0.255 e. The first-order valence-electron chi connectivity index (χ1n) is 11.2. The van der Waals surface area contributed by atoms with Crippen LogP contribution in [0.4, 0.5) is 10.1 Å². The quantitative estimate of drug-likeness (QED) is 0.420. The van der Waals surface area contributed by atoms with Gasteiger partial charge >= 0.3 is 0 Å². The highest BCUT2D eigenvalue weighted by atomic mass is 19.1. The summed E-state index contributed by atoms with van der Waals surface area (Å²) in [5, 5.41) is 29.2. The Morgan fingerprint density at radius 3 is 2.85 bits per heavy atom. The van der Waals surface area contributed by atoms with E-state index in [2.05, 4.69) is 26.8 Å². The van der Waals surface area contributed by atoms with Crippen LogP contribution in [0.1, 0.15) is 49.0 Å². The van der Waals surface area contributed by atoms with Gasteiger partial charge in [0.2, 0.25) is 0 Å². The van der Waals surface area contributed by atoms with Gasteiger partial charge in [0.1, 0.15) is 12.2 Å². The standard InChI is InChI=1S/C24H28FN7O2/c1-24(2,34)22(25)13-29-23(33)18-12-28-20(9-19(18)31-16-4-3-15(27)8-16)21-6-5-17-7-14(10-26)11-30-32(17)21/h5-7,9,11-12,15-16,22,34H,3-4,8,13,27H2,1-2H3,(H,28,31)(H,29,33)/t15-,16+,22-/m1/s1. The number of nitrogens with two attached hydrogens (primary N) is 1. The van der Waals surface area contributed by atoms with Crippen molar-refractivity contribution in [3.05, 3.63) is 47.8 Å². The molecule has 1 saturated carbocycles. The third kappa shape index (κ3) is 5.00. The zero-order chi connectivity index (χ0) is 24.5. The molecule has 5 N–H and O–H groups in total. The number of halogens is 1. The van der Waals surface area contributed by atoms with Gasteiger partial charge in [0.15, 0.2) is 0 Å². The van der Waals surface area contributed by atoms with E-state index in [0.717, 1.165) is 24.8 Å². The van der Waals surface area contributed by atoms with E-state index in [1.807, 2.05) is 12.1 Å². The number of carbonyl (C=O) groups excluding carboxylic acids is 1. The molecular weight excluding hydrogens is 437 g/mol. The Balaban J connectivity index is 1.66. The van der Waals surface area contributed by atoms with Crippen molar-refractivity contribution in [3.63, 3.8) is 0 Å². The van der Waals surface area contributed by atoms with E-state index < -0.39 is 17.7 Å². The monoisotopic (exact) mass is 465 g/mol. The first kappa shape index (κ1) is 23.6. The summed E-state index contributed by atoms with van der Waals surface area (Å²) in [4.78, 5) is 17.4. The second-order valence-corrected chi connectivity index (χ2v) is 9.27. The lowest BCUT2D eigenvalue weighted by atomic mass is 10.0. The molecule has 4 rings (SSSR count). The molecule has 3 aromatic heterocycles. The van der Waals surface area contributed by atoms with Gasteiger partial charge in [0, 0.05) is 18.3 Å². The number of hydrogen-bond acceptors (Lipinski definition) is 7. The molecule has 10 heteroatoms. The van der Waals surface area contributed by atoms with Crippen molar-refractivity contribution in [2.45, 2.75) is 57.0 Å². The summed E-state index contributed by atoms with van der Waals surface area (Å²) in [5.41, 5.74) is 7.80. The second-order valence-electron chi connectivity index (χ2n) is 9.27. The molecule has 34 heavy (non-hydrogen) atoms. The molecule has 0 spiro atoms. The van der Waals surface area contributed by atoms with Crippen molar-refractivity contribution in [2.75, 3.05) is 11.9 Å². The molecule has 0 unspecified atom stereocenters. The smallest absolute Gasteiger partial charge is 0.255 e. The predicted molar refractivity (Wildman–Crippen MR) is 126 cm³/mol. The van der Waals surface area contributed by atoms with Crippen LogP contribution in [-0.2, 0) is 0 Å². The van der Waals surface area contributed by atoms with E-state index >= 15 is 0 Å². The van der Waals surface area contributed by atoms with Crippen LogP contribution in [0.2, 0.25) is 0 Å². The Bertz CT molecular complexity index is 1240. The van der Waals surface area contributed by atoms with Gasteiger partial charge in [-0.3, -0.25) is 9.78 Å². The normalized spacial score (nSPS) is 19.1. The third-order valence-corrected chi connectivity index (χ3v) is 6.08. The molecule has 1 aliphatic carbocycles. The minimum absolute atomic E-state index is 0.0995. The Morgan fingerprint density at radius 2 is 2.18 bits per heavy atom. The number of carbonyl (C=O) groups is 1. The molecule has 0 bridgehead atoms. The lowest BCUT2D eigenvalue weighted by molar-refractivity contribution is -0.00177. The van der Waals surface area contributed by atoms with Crippen molar-refractivity contribution in [1.82, 2.24) is 19.9 Å². The Kier molecular flexibility index (Phi) is 6.50. The van der Waals surface area contributed by atoms with Gasteiger partial charge in [-0.05, 0) is 57.4 Å². The maximum absolute atomic E-state index is 14.2. The molecule has 1 amide bonds. The highest BCUT2D eigenvalue weighted by molar-refractivity contribution is 6.00. The van der Waals surface area contributed by atoms with Crippen LogP contribution in [0.3, 0.4) is 0 Å². The van der Waals surface area contributed by atoms with E-state index in [4.69, 9.17) is 11.0 Å². The number of fused-ring (bicyclic) bond motifs is 1. The lowest BCUT2D eigenvalue weighted by Crippen LogP contribution is -2.42. The zero-order valence-electron chi connectivity index (χ0n) is 19.1. The van der Waals surface area contributed by atoms with Crippen molar-refractivity contribution in [2.24, 2.45) is 5.73 Å². The molecule has 0 saturated heterocycles. The molecule has 178 valence electrons. The summed E-state index contributed by atoms with van der Waals surface area (Å²) in [6, 6.07) is 9.45. The Labute approximate surface area is 196 Å². The van der Waals surface area contributed by atoms with Crippen LogP contribution >= 0.6 is 0 Å². The minimum Gasteiger partial charge on any atom is -0.387 e. The summed E-state index contributed by atoms with van der Waals surface area (Å²) in [6.45, 7) is 2.38. The van der Waals surface area contributed by atoms with E-state index in [1.165, 1.54) is 26.2 Å². The van der Waals surface area contributed by atoms with Gasteiger partial charge in [-0.2, -0.15) is 10.4 Å². The van der Waals surface area contributed by atoms with Crippen molar-refractivity contribution in [3.8, 4) is 17.5 Å². The van der Waals surface area contributed by atoms with Gasteiger partial charge in [-0.25, -0.2) is 8.91 Å². The van der Waals surface area contributed by atoms with E-state index in [-0.39, 0.29) is 24.2 Å². The van der Waals surface area contributed by atoms with Crippen LogP contribution in [0.15, 0.2) is 36.7 Å². The van der Waals surface area contributed by atoms with E-state index in [0.29, 0.717) is 22.6 Å². The number of rotatable bonds is 7. The molecule has 1 aliphatic rings. The van der Waals surface area contributed by atoms with Crippen LogP contribution in [0.5, 0.6) is 0 Å². The highest BCUT2D eigenvalue weighted by Crippen LogP contribution is 2.28. The number of nitrogens with zero attached hydrogens (tertiary/aromatic N) is 4. The molecule has 0 radical (unpaired) electrons. The van der Waals surface area contributed by atoms with E-state index in [1.54, 1.807) is 16.6 Å². The second kappa shape index (κ2) is 9.37. The van der Waals surface area contributed by atoms with Crippen LogP contribution in [-0.4, -0.2) is 56.0 Å². The fraction of sp³-hybridized carbons (Fsp3) is 0.417. The number of amides is 1. The largest absolute Gasteiger partial charge is 0.387 e. The van der Waals surface area contributed by atoms with Crippen LogP contribution in [0, 0.1) is 11.3 Å². The topological polar surface area (TPSA) is 141 Å².